The van der Waals surface area contributed by atoms with Crippen molar-refractivity contribution in [2.75, 3.05) is 47.4 Å². The molecule has 0 aliphatic heterocycles. The maximum atomic E-state index is 12.8. The van der Waals surface area contributed by atoms with Gasteiger partial charge in [0, 0.05) is 26.3 Å². The van der Waals surface area contributed by atoms with Crippen LogP contribution in [0.25, 0.3) is 0 Å². The molecule has 2 atom stereocenters. The van der Waals surface area contributed by atoms with Crippen LogP contribution in [0.4, 0.5) is 0 Å². The lowest BCUT2D eigenvalue weighted by Gasteiger charge is -2.19. The molecule has 1 amide bonds. The molecule has 0 aliphatic rings. The first-order valence-corrected chi connectivity index (χ1v) is 25.0. The van der Waals surface area contributed by atoms with Crippen LogP contribution in [0, 0.1) is 5.92 Å². The molecule has 0 spiro atoms. The molecule has 0 saturated carbocycles. The number of likely N-dealkylation sites (N-methyl/N-ethyl adjacent to an activating group) is 1. The summed E-state index contributed by atoms with van der Waals surface area (Å²) < 4.78 is 17.1. The third kappa shape index (κ3) is 39.7. The maximum Gasteiger partial charge on any atom is 0.325 e. The standard InChI is InChI=1S/C50H96N2O7/c1-7-10-13-16-18-19-20-21-22-23-25-32-42-57-50(56)43-52(6)47(53)38-30-28-36-46(59-49(55)40-33-41-51(4)5)37-29-31-39-48(54)58-44-45(34-26-15-12-9-3)35-27-24-17-14-11-8-2/h45-46H,7-44H2,1-6H3. The summed E-state index contributed by atoms with van der Waals surface area (Å²) in [6, 6.07) is 0. The number of nitrogens with zero attached hydrogens (tertiary/aromatic N) is 2. The normalized spacial score (nSPS) is 12.4. The van der Waals surface area contributed by atoms with Gasteiger partial charge in [-0.2, -0.15) is 0 Å². The molecule has 0 rings (SSSR count). The Morgan fingerprint density at radius 3 is 1.41 bits per heavy atom. The van der Waals surface area contributed by atoms with Crippen molar-refractivity contribution in [1.82, 2.24) is 9.80 Å². The summed E-state index contributed by atoms with van der Waals surface area (Å²) in [5.74, 6) is -0.306. The van der Waals surface area contributed by atoms with Crippen molar-refractivity contribution in [3.63, 3.8) is 0 Å². The highest BCUT2D eigenvalue weighted by molar-refractivity contribution is 5.81. The summed E-state index contributed by atoms with van der Waals surface area (Å²) in [6.45, 7) is 8.47. The van der Waals surface area contributed by atoms with Crippen LogP contribution in [0.5, 0.6) is 0 Å². The Kier molecular flexibility index (Phi) is 41.0. The predicted molar refractivity (Wildman–Crippen MR) is 245 cm³/mol. The van der Waals surface area contributed by atoms with Crippen LogP contribution in [0.15, 0.2) is 0 Å². The van der Waals surface area contributed by atoms with Gasteiger partial charge in [-0.3, -0.25) is 19.2 Å². The molecule has 0 aromatic rings. The zero-order valence-electron chi connectivity index (χ0n) is 39.8. The van der Waals surface area contributed by atoms with Gasteiger partial charge in [-0.05, 0) is 90.8 Å². The first-order chi connectivity index (χ1) is 28.6. The van der Waals surface area contributed by atoms with E-state index in [1.54, 1.807) is 7.05 Å². The van der Waals surface area contributed by atoms with E-state index >= 15 is 0 Å². The predicted octanol–water partition coefficient (Wildman–Crippen LogP) is 12.9. The lowest BCUT2D eigenvalue weighted by atomic mass is 9.95. The van der Waals surface area contributed by atoms with Crippen LogP contribution < -0.4 is 0 Å². The Hall–Kier alpha value is -2.16. The lowest BCUT2D eigenvalue weighted by molar-refractivity contribution is -0.150. The Morgan fingerprint density at radius 2 is 0.881 bits per heavy atom. The SMILES string of the molecule is CCCCCCCCCCCCCCOC(=O)CN(C)C(=O)CCCCC(CCCCC(=O)OCC(CCCCCC)CCCCCCCC)OC(=O)CCCN(C)C. The Bertz CT molecular complexity index is 990. The lowest BCUT2D eigenvalue weighted by Crippen LogP contribution is -2.33. The Morgan fingerprint density at radius 1 is 0.441 bits per heavy atom. The van der Waals surface area contributed by atoms with Crippen molar-refractivity contribution in [1.29, 1.82) is 0 Å². The highest BCUT2D eigenvalue weighted by Gasteiger charge is 2.18. The van der Waals surface area contributed by atoms with E-state index < -0.39 is 0 Å². The van der Waals surface area contributed by atoms with Gasteiger partial charge in [0.25, 0.3) is 0 Å². The topological polar surface area (TPSA) is 102 Å². The molecule has 2 unspecified atom stereocenters. The summed E-state index contributed by atoms with van der Waals surface area (Å²) in [5.41, 5.74) is 0. The van der Waals surface area contributed by atoms with Crippen LogP contribution in [0.2, 0.25) is 0 Å². The van der Waals surface area contributed by atoms with E-state index in [0.29, 0.717) is 64.1 Å². The van der Waals surface area contributed by atoms with Gasteiger partial charge < -0.3 is 24.0 Å². The number of hydrogen-bond donors (Lipinski definition) is 0. The van der Waals surface area contributed by atoms with E-state index in [4.69, 9.17) is 14.2 Å². The minimum Gasteiger partial charge on any atom is -0.465 e. The van der Waals surface area contributed by atoms with Crippen molar-refractivity contribution in [2.45, 2.75) is 245 Å². The minimum atomic E-state index is -0.357. The molecular formula is C50H96N2O7. The maximum absolute atomic E-state index is 12.8. The fourth-order valence-electron chi connectivity index (χ4n) is 7.65. The van der Waals surface area contributed by atoms with Crippen molar-refractivity contribution in [3.8, 4) is 0 Å². The second kappa shape index (κ2) is 42.5. The Labute approximate surface area is 364 Å². The number of rotatable bonds is 44. The van der Waals surface area contributed by atoms with Gasteiger partial charge in [0.1, 0.15) is 12.6 Å². The molecule has 0 heterocycles. The van der Waals surface area contributed by atoms with Crippen LogP contribution in [0.3, 0.4) is 0 Å². The van der Waals surface area contributed by atoms with Crippen molar-refractivity contribution < 1.29 is 33.4 Å². The van der Waals surface area contributed by atoms with Crippen molar-refractivity contribution in [2.24, 2.45) is 5.92 Å². The quantitative estimate of drug-likeness (QED) is 0.0340. The number of hydrogen-bond acceptors (Lipinski definition) is 8. The number of unbranched alkanes of at least 4 members (excludes halogenated alkanes) is 21. The van der Waals surface area contributed by atoms with E-state index in [-0.39, 0.29) is 36.5 Å². The van der Waals surface area contributed by atoms with Crippen molar-refractivity contribution in [3.05, 3.63) is 0 Å². The van der Waals surface area contributed by atoms with Crippen LogP contribution >= 0.6 is 0 Å². The number of esters is 3. The average molecular weight is 837 g/mol. The molecule has 0 aliphatic carbocycles. The highest BCUT2D eigenvalue weighted by Crippen LogP contribution is 2.21. The number of amides is 1. The molecule has 0 N–H and O–H groups in total. The third-order valence-corrected chi connectivity index (χ3v) is 11.6. The molecule has 0 fully saturated rings. The second-order valence-corrected chi connectivity index (χ2v) is 17.8. The smallest absolute Gasteiger partial charge is 0.325 e. The third-order valence-electron chi connectivity index (χ3n) is 11.6. The largest absolute Gasteiger partial charge is 0.465 e. The van der Waals surface area contributed by atoms with Gasteiger partial charge in [-0.25, -0.2) is 0 Å². The highest BCUT2D eigenvalue weighted by atomic mass is 16.5. The van der Waals surface area contributed by atoms with E-state index in [1.807, 2.05) is 14.1 Å². The first kappa shape index (κ1) is 56.8. The van der Waals surface area contributed by atoms with Gasteiger partial charge in [-0.1, -0.05) is 156 Å². The average Bonchev–Trinajstić information content (AvgIpc) is 3.20. The van der Waals surface area contributed by atoms with E-state index in [9.17, 15) is 19.2 Å². The van der Waals surface area contributed by atoms with Gasteiger partial charge >= 0.3 is 17.9 Å². The summed E-state index contributed by atoms with van der Waals surface area (Å²) in [5, 5.41) is 0. The molecule has 59 heavy (non-hydrogen) atoms. The monoisotopic (exact) mass is 837 g/mol. The van der Waals surface area contributed by atoms with Crippen molar-refractivity contribution >= 4 is 23.8 Å². The summed E-state index contributed by atoms with van der Waals surface area (Å²) in [6.07, 6.45) is 35.8. The summed E-state index contributed by atoms with van der Waals surface area (Å²) in [4.78, 5) is 54.1. The zero-order valence-corrected chi connectivity index (χ0v) is 39.8. The van der Waals surface area contributed by atoms with Crippen LogP contribution in [-0.4, -0.2) is 87.2 Å². The van der Waals surface area contributed by atoms with Gasteiger partial charge in [0.15, 0.2) is 0 Å². The molecule has 9 heteroatoms. The fraction of sp³-hybridized carbons (Fsp3) is 0.920. The van der Waals surface area contributed by atoms with Gasteiger partial charge in [-0.15, -0.1) is 0 Å². The molecular weight excluding hydrogens is 741 g/mol. The first-order valence-electron chi connectivity index (χ1n) is 25.0. The molecule has 0 aromatic carbocycles. The molecule has 0 radical (unpaired) electrons. The number of carbonyl (C=O) groups excluding carboxylic acids is 4. The molecule has 0 bridgehead atoms. The fourth-order valence-corrected chi connectivity index (χ4v) is 7.65. The summed E-state index contributed by atoms with van der Waals surface area (Å²) in [7, 11) is 5.63. The van der Waals surface area contributed by atoms with E-state index in [0.717, 1.165) is 51.5 Å². The van der Waals surface area contributed by atoms with Crippen LogP contribution in [0.1, 0.15) is 239 Å². The second-order valence-electron chi connectivity index (χ2n) is 17.8. The van der Waals surface area contributed by atoms with E-state index in [2.05, 4.69) is 25.7 Å². The van der Waals surface area contributed by atoms with Crippen LogP contribution in [-0.2, 0) is 33.4 Å². The molecule has 0 saturated heterocycles. The molecule has 9 nitrogen and oxygen atoms in total. The molecule has 0 aromatic heterocycles. The van der Waals surface area contributed by atoms with Gasteiger partial charge in [0.05, 0.1) is 13.2 Å². The minimum absolute atomic E-state index is 0.0363. The molecule has 348 valence electrons. The number of ether oxygens (including phenoxy) is 3. The summed E-state index contributed by atoms with van der Waals surface area (Å²) >= 11 is 0. The Balaban J connectivity index is 4.53. The van der Waals surface area contributed by atoms with Gasteiger partial charge in [0.2, 0.25) is 5.91 Å². The zero-order chi connectivity index (χ0) is 43.6. The van der Waals surface area contributed by atoms with E-state index in [1.165, 1.54) is 133 Å². The number of carbonyl (C=O) groups is 4.